The second-order valence-corrected chi connectivity index (χ2v) is 9.12. The Labute approximate surface area is 190 Å². The minimum atomic E-state index is -0.661. The van der Waals surface area contributed by atoms with E-state index in [9.17, 15) is 14.4 Å². The third kappa shape index (κ3) is 5.79. The summed E-state index contributed by atoms with van der Waals surface area (Å²) < 4.78 is 10.8. The Hall–Kier alpha value is -2.61. The highest BCUT2D eigenvalue weighted by Gasteiger charge is 2.44. The zero-order valence-electron chi connectivity index (χ0n) is 19.3. The molecule has 8 nitrogen and oxygen atoms in total. The second-order valence-electron chi connectivity index (χ2n) is 9.12. The van der Waals surface area contributed by atoms with Crippen molar-refractivity contribution in [1.82, 2.24) is 15.5 Å². The number of carbonyl (C=O) groups excluding carboxylic acids is 3. The van der Waals surface area contributed by atoms with Crippen LogP contribution in [0.3, 0.4) is 0 Å². The number of hydrogen-bond acceptors (Lipinski definition) is 5. The van der Waals surface area contributed by atoms with Crippen LogP contribution in [0.15, 0.2) is 24.3 Å². The number of amides is 4. The first-order chi connectivity index (χ1) is 15.3. The van der Waals surface area contributed by atoms with Crippen molar-refractivity contribution >= 4 is 17.8 Å². The highest BCUT2D eigenvalue weighted by Crippen LogP contribution is 2.37. The second kappa shape index (κ2) is 10.8. The van der Waals surface area contributed by atoms with Gasteiger partial charge in [-0.05, 0) is 49.3 Å². The van der Waals surface area contributed by atoms with Crippen molar-refractivity contribution in [1.29, 1.82) is 0 Å². The van der Waals surface area contributed by atoms with Crippen LogP contribution in [-0.4, -0.2) is 62.2 Å². The van der Waals surface area contributed by atoms with Crippen LogP contribution in [-0.2, 0) is 19.7 Å². The van der Waals surface area contributed by atoms with E-state index in [1.807, 2.05) is 24.3 Å². The van der Waals surface area contributed by atoms with Crippen molar-refractivity contribution < 1.29 is 23.9 Å². The molecule has 0 aliphatic carbocycles. The molecule has 8 heteroatoms. The van der Waals surface area contributed by atoms with Gasteiger partial charge < -0.3 is 20.1 Å². The van der Waals surface area contributed by atoms with E-state index in [2.05, 4.69) is 24.5 Å². The van der Waals surface area contributed by atoms with Crippen LogP contribution in [0.2, 0.25) is 0 Å². The largest absolute Gasteiger partial charge is 0.497 e. The number of nitrogens with one attached hydrogen (secondary N) is 2. The maximum absolute atomic E-state index is 13.0. The molecule has 1 atom stereocenters. The molecular formula is C24H35N3O5. The number of urea groups is 1. The molecule has 3 rings (SSSR count). The number of methoxy groups -OCH3 is 1. The van der Waals surface area contributed by atoms with Gasteiger partial charge in [0.1, 0.15) is 11.8 Å². The summed E-state index contributed by atoms with van der Waals surface area (Å²) in [5.74, 6) is 0.926. The van der Waals surface area contributed by atoms with Gasteiger partial charge in [-0.2, -0.15) is 0 Å². The number of carbonyl (C=O) groups is 3. The molecule has 32 heavy (non-hydrogen) atoms. The first-order valence-electron chi connectivity index (χ1n) is 11.5. The van der Waals surface area contributed by atoms with Crippen LogP contribution in [0, 0.1) is 5.92 Å². The standard InChI is InChI=1S/C24H35N3O5/c1-17(2)10-13-25-21(28)9-8-20-22(29)27(23(30)26-20)16-24(11-14-32-15-12-24)18-4-6-19(31-3)7-5-18/h4-7,17,20H,8-16H2,1-3H3,(H,25,28)(H,26,30)/t20-/m0/s1. The fourth-order valence-electron chi connectivity index (χ4n) is 4.33. The van der Waals surface area contributed by atoms with E-state index in [4.69, 9.17) is 9.47 Å². The molecular weight excluding hydrogens is 410 g/mol. The molecule has 4 amide bonds. The number of hydrogen-bond donors (Lipinski definition) is 2. The van der Waals surface area contributed by atoms with Gasteiger partial charge in [-0.15, -0.1) is 0 Å². The molecule has 2 heterocycles. The number of benzene rings is 1. The molecule has 1 aromatic carbocycles. The lowest BCUT2D eigenvalue weighted by Crippen LogP contribution is -2.47. The summed E-state index contributed by atoms with van der Waals surface area (Å²) in [6.45, 7) is 6.28. The molecule has 0 aromatic heterocycles. The average molecular weight is 446 g/mol. The molecule has 2 aliphatic rings. The summed E-state index contributed by atoms with van der Waals surface area (Å²) in [6, 6.07) is 6.76. The summed E-state index contributed by atoms with van der Waals surface area (Å²) in [7, 11) is 1.62. The maximum atomic E-state index is 13.0. The van der Waals surface area contributed by atoms with E-state index >= 15 is 0 Å². The van der Waals surface area contributed by atoms with E-state index in [-0.39, 0.29) is 29.7 Å². The summed E-state index contributed by atoms with van der Waals surface area (Å²) >= 11 is 0. The van der Waals surface area contributed by atoms with Crippen molar-refractivity contribution in [3.63, 3.8) is 0 Å². The van der Waals surface area contributed by atoms with E-state index in [1.54, 1.807) is 7.11 Å². The first-order valence-corrected chi connectivity index (χ1v) is 11.5. The molecule has 0 spiro atoms. The Morgan fingerprint density at radius 2 is 1.94 bits per heavy atom. The topological polar surface area (TPSA) is 97.0 Å². The first kappa shape index (κ1) is 24.0. The summed E-state index contributed by atoms with van der Waals surface area (Å²) in [5.41, 5.74) is 0.704. The number of imide groups is 1. The van der Waals surface area contributed by atoms with Crippen molar-refractivity contribution in [2.24, 2.45) is 5.92 Å². The van der Waals surface area contributed by atoms with Gasteiger partial charge in [0.15, 0.2) is 0 Å². The minimum absolute atomic E-state index is 0.0923. The van der Waals surface area contributed by atoms with Crippen LogP contribution in [0.25, 0.3) is 0 Å². The number of rotatable bonds is 10. The van der Waals surface area contributed by atoms with Gasteiger partial charge in [0.25, 0.3) is 5.91 Å². The Kier molecular flexibility index (Phi) is 8.12. The third-order valence-corrected chi connectivity index (χ3v) is 6.42. The lowest BCUT2D eigenvalue weighted by atomic mass is 9.73. The van der Waals surface area contributed by atoms with Gasteiger partial charge in [0.2, 0.25) is 5.91 Å². The SMILES string of the molecule is COc1ccc(C2(CN3C(=O)N[C@@H](CCC(=O)NCCC(C)C)C3=O)CCOCC2)cc1. The molecule has 0 radical (unpaired) electrons. The fraction of sp³-hybridized carbons (Fsp3) is 0.625. The van der Waals surface area contributed by atoms with Crippen LogP contribution in [0.5, 0.6) is 5.75 Å². The zero-order valence-corrected chi connectivity index (χ0v) is 19.3. The van der Waals surface area contributed by atoms with Crippen molar-refractivity contribution in [3.8, 4) is 5.75 Å². The predicted molar refractivity (Wildman–Crippen MR) is 120 cm³/mol. The Balaban J connectivity index is 1.63. The Bertz CT molecular complexity index is 802. The number of ether oxygens (including phenoxy) is 2. The van der Waals surface area contributed by atoms with E-state index in [0.717, 1.165) is 30.6 Å². The quantitative estimate of drug-likeness (QED) is 0.540. The molecule has 0 bridgehead atoms. The molecule has 2 saturated heterocycles. The van der Waals surface area contributed by atoms with Gasteiger partial charge in [0, 0.05) is 38.1 Å². The molecule has 1 aromatic rings. The Morgan fingerprint density at radius 1 is 1.25 bits per heavy atom. The van der Waals surface area contributed by atoms with Crippen LogP contribution < -0.4 is 15.4 Å². The molecule has 0 unspecified atom stereocenters. The summed E-state index contributed by atoms with van der Waals surface area (Å²) in [4.78, 5) is 39.1. The van der Waals surface area contributed by atoms with Crippen molar-refractivity contribution in [2.45, 2.75) is 57.4 Å². The lowest BCUT2D eigenvalue weighted by molar-refractivity contribution is -0.129. The predicted octanol–water partition coefficient (Wildman–Crippen LogP) is 2.61. The fourth-order valence-corrected chi connectivity index (χ4v) is 4.33. The van der Waals surface area contributed by atoms with E-state index in [1.165, 1.54) is 4.90 Å². The van der Waals surface area contributed by atoms with Crippen LogP contribution in [0.1, 0.15) is 51.5 Å². The van der Waals surface area contributed by atoms with Crippen molar-refractivity contribution in [2.75, 3.05) is 33.4 Å². The Morgan fingerprint density at radius 3 is 2.56 bits per heavy atom. The number of nitrogens with zero attached hydrogens (tertiary/aromatic N) is 1. The van der Waals surface area contributed by atoms with Gasteiger partial charge in [-0.1, -0.05) is 26.0 Å². The molecule has 2 aliphatic heterocycles. The van der Waals surface area contributed by atoms with E-state index < -0.39 is 6.04 Å². The normalized spacial score (nSPS) is 20.4. The molecule has 2 fully saturated rings. The minimum Gasteiger partial charge on any atom is -0.497 e. The van der Waals surface area contributed by atoms with Gasteiger partial charge in [0.05, 0.1) is 7.11 Å². The molecule has 176 valence electrons. The third-order valence-electron chi connectivity index (χ3n) is 6.42. The summed E-state index contributed by atoms with van der Waals surface area (Å²) in [5, 5.41) is 5.64. The maximum Gasteiger partial charge on any atom is 0.324 e. The average Bonchev–Trinajstić information content (AvgIpc) is 3.05. The van der Waals surface area contributed by atoms with Crippen LogP contribution >= 0.6 is 0 Å². The molecule has 2 N–H and O–H groups in total. The highest BCUT2D eigenvalue weighted by atomic mass is 16.5. The molecule has 0 saturated carbocycles. The van der Waals surface area contributed by atoms with Crippen molar-refractivity contribution in [3.05, 3.63) is 29.8 Å². The smallest absolute Gasteiger partial charge is 0.324 e. The highest BCUT2D eigenvalue weighted by molar-refractivity contribution is 6.04. The van der Waals surface area contributed by atoms with Gasteiger partial charge in [-0.25, -0.2) is 4.79 Å². The zero-order chi connectivity index (χ0) is 23.1. The van der Waals surface area contributed by atoms with Gasteiger partial charge in [-0.3, -0.25) is 14.5 Å². The van der Waals surface area contributed by atoms with Gasteiger partial charge >= 0.3 is 6.03 Å². The van der Waals surface area contributed by atoms with Crippen LogP contribution in [0.4, 0.5) is 4.79 Å². The summed E-state index contributed by atoms with van der Waals surface area (Å²) in [6.07, 6.45) is 2.86. The van der Waals surface area contributed by atoms with E-state index in [0.29, 0.717) is 38.6 Å². The lowest BCUT2D eigenvalue weighted by Gasteiger charge is -2.39. The monoisotopic (exact) mass is 445 g/mol.